The monoisotopic (exact) mass is 1060 g/mol. The summed E-state index contributed by atoms with van der Waals surface area (Å²) in [5.74, 6) is -3.60. The molecule has 18 nitrogen and oxygen atoms in total. The van der Waals surface area contributed by atoms with Gasteiger partial charge < -0.3 is 44.1 Å². The maximum absolute atomic E-state index is 15.0. The van der Waals surface area contributed by atoms with E-state index in [-0.39, 0.29) is 45.5 Å². The van der Waals surface area contributed by atoms with Crippen molar-refractivity contribution in [3.05, 3.63) is 65.4 Å². The van der Waals surface area contributed by atoms with E-state index in [1.54, 1.807) is 37.6 Å². The average molecular weight is 1060 g/mol. The van der Waals surface area contributed by atoms with Crippen LogP contribution in [0.5, 0.6) is 0 Å². The third-order valence-corrected chi connectivity index (χ3v) is 15.8. The van der Waals surface area contributed by atoms with E-state index >= 15 is 13.2 Å². The van der Waals surface area contributed by atoms with E-state index in [1.807, 2.05) is 40.0 Å². The van der Waals surface area contributed by atoms with Gasteiger partial charge in [-0.2, -0.15) is 13.2 Å². The van der Waals surface area contributed by atoms with Crippen LogP contribution in [-0.2, 0) is 52.8 Å². The molecule has 3 fully saturated rings. The van der Waals surface area contributed by atoms with Crippen molar-refractivity contribution in [2.75, 3.05) is 78.5 Å². The lowest BCUT2D eigenvalue weighted by Gasteiger charge is -2.37. The Labute approximate surface area is 439 Å². The van der Waals surface area contributed by atoms with E-state index in [1.165, 1.54) is 40.0 Å². The Bertz CT molecular complexity index is 2830. The van der Waals surface area contributed by atoms with Gasteiger partial charge in [0, 0.05) is 99.1 Å². The molecule has 0 spiro atoms. The van der Waals surface area contributed by atoms with Gasteiger partial charge in [0.05, 0.1) is 48.2 Å². The van der Waals surface area contributed by atoms with Crippen LogP contribution in [0.1, 0.15) is 76.9 Å². The highest BCUT2D eigenvalue weighted by Crippen LogP contribution is 2.44. The number of carbonyl (C=O) groups is 5. The Hall–Kier alpha value is -5.94. The summed E-state index contributed by atoms with van der Waals surface area (Å²) in [6.45, 7) is 14.1. The number of anilines is 1. The quantitative estimate of drug-likeness (QED) is 0.132. The number of nitrogens with one attached hydrogen (secondary N) is 2. The molecular formula is C53H69F3N10O8S. The molecule has 4 aliphatic heterocycles. The molecule has 3 N–H and O–H groups in total. The topological polar surface area (TPSA) is 195 Å². The van der Waals surface area contributed by atoms with E-state index in [9.17, 15) is 29.1 Å². The molecule has 75 heavy (non-hydrogen) atoms. The molecular weight excluding hydrogens is 994 g/mol. The number of halogens is 3. The number of pyridine rings is 1. The average Bonchev–Trinajstić information content (AvgIpc) is 4.10. The molecule has 4 aromatic rings. The Balaban J connectivity index is 1.22. The molecule has 1 aromatic carbocycles. The normalized spacial score (nSPS) is 22.7. The van der Waals surface area contributed by atoms with Crippen LogP contribution >= 0.6 is 11.3 Å². The number of nitrogens with zero attached hydrogens (tertiary/aromatic N) is 8. The van der Waals surface area contributed by atoms with Gasteiger partial charge in [-0.1, -0.05) is 34.3 Å². The summed E-state index contributed by atoms with van der Waals surface area (Å²) >= 11 is 1.27. The molecule has 3 saturated heterocycles. The van der Waals surface area contributed by atoms with E-state index in [2.05, 4.69) is 27.1 Å². The molecule has 7 heterocycles. The summed E-state index contributed by atoms with van der Waals surface area (Å²) < 4.78 is 58.3. The second-order valence-electron chi connectivity index (χ2n) is 21.6. The minimum Gasteiger partial charge on any atom is -0.464 e. The van der Waals surface area contributed by atoms with Crippen molar-refractivity contribution in [1.29, 1.82) is 0 Å². The van der Waals surface area contributed by atoms with Crippen molar-refractivity contribution < 1.29 is 51.7 Å². The number of hydrogen-bond acceptors (Lipinski definition) is 14. The van der Waals surface area contributed by atoms with E-state index in [0.717, 1.165) is 29.8 Å². The first kappa shape index (κ1) is 55.3. The summed E-state index contributed by atoms with van der Waals surface area (Å²) in [7, 11) is 4.98. The maximum atomic E-state index is 15.0. The number of thiazole rings is 1. The zero-order valence-electron chi connectivity index (χ0n) is 44.0. The summed E-state index contributed by atoms with van der Waals surface area (Å²) in [6, 6.07) is 3.73. The Morgan fingerprint density at radius 2 is 1.84 bits per heavy atom. The van der Waals surface area contributed by atoms with Gasteiger partial charge in [0.15, 0.2) is 5.60 Å². The molecule has 6 bridgehead atoms. The molecule has 0 aliphatic carbocycles. The van der Waals surface area contributed by atoms with Gasteiger partial charge in [0.1, 0.15) is 29.7 Å². The molecule has 5 atom stereocenters. The first-order valence-electron chi connectivity index (χ1n) is 25.5. The van der Waals surface area contributed by atoms with Crippen LogP contribution in [-0.4, -0.2) is 172 Å². The van der Waals surface area contributed by atoms with Crippen LogP contribution in [0.25, 0.3) is 32.7 Å². The molecule has 1 unspecified atom stereocenters. The molecule has 4 amide bonds. The molecule has 22 heteroatoms. The third kappa shape index (κ3) is 11.9. The number of methoxy groups -OCH3 is 1. The number of alkyl halides is 3. The number of aromatic nitrogens is 3. The van der Waals surface area contributed by atoms with Crippen LogP contribution < -0.4 is 15.6 Å². The SMILES string of the molecule is C=CC(=O)N1CCC(O)(C(=O)N(C)[C@H](C(=O)N[C@H]2Cc3csc(n3)-c3ccc4c(c3)c(c(-c3cc(N5CCN(C)CC5)cnc3[C@H](C)OC)n4CC(F)(F)F)CC(C)(C)COC(=O)[C@@H]3CCCN(N3)C2=O)C(C)C)C1. The van der Waals surface area contributed by atoms with Gasteiger partial charge in [-0.05, 0) is 75.1 Å². The van der Waals surface area contributed by atoms with Crippen LogP contribution in [0, 0.1) is 11.3 Å². The van der Waals surface area contributed by atoms with Crippen LogP contribution in [0.3, 0.4) is 0 Å². The van der Waals surface area contributed by atoms with Crippen LogP contribution in [0.2, 0.25) is 0 Å². The number of likely N-dealkylation sites (tertiary alicyclic amines) is 1. The van der Waals surface area contributed by atoms with Crippen molar-refractivity contribution >= 4 is 57.5 Å². The smallest absolute Gasteiger partial charge is 0.406 e. The van der Waals surface area contributed by atoms with Crippen LogP contribution in [0.15, 0.2) is 48.5 Å². The first-order valence-corrected chi connectivity index (χ1v) is 26.4. The summed E-state index contributed by atoms with van der Waals surface area (Å²) in [6.07, 6.45) is -1.64. The number of piperazine rings is 1. The van der Waals surface area contributed by atoms with Crippen molar-refractivity contribution in [3.63, 3.8) is 0 Å². The highest BCUT2D eigenvalue weighted by atomic mass is 32.1. The Morgan fingerprint density at radius 3 is 2.52 bits per heavy atom. The fourth-order valence-corrected chi connectivity index (χ4v) is 11.6. The lowest BCUT2D eigenvalue weighted by molar-refractivity contribution is -0.156. The number of ether oxygens (including phenoxy) is 2. The second-order valence-corrected chi connectivity index (χ2v) is 22.4. The van der Waals surface area contributed by atoms with Crippen molar-refractivity contribution in [1.82, 2.24) is 45.0 Å². The molecule has 3 aromatic heterocycles. The standard InChI is InChI=1S/C53H69F3N10O8S/c1-10-42(67)64-17-15-52(72,28-64)50(71)62(8)44(31(2)3)46(68)59-40-23-34-27-75-47(58-34)33-13-14-41-36(22-33)38(25-51(5,6)30-74-49(70)39-12-11-16-66(60-39)48(40)69)45(65(41)29-53(54,55)56)37-24-35(26-57-43(37)32(4)73-9)63-20-18-61(7)19-21-63/h10,13-14,22,24,26-27,31-32,39-40,44,60,72H,1,11-12,15-21,23,25,28-30H2,2-9H3,(H,59,68)/t32-,39-,40-,44-,52?/m0/s1. The van der Waals surface area contributed by atoms with E-state index in [4.69, 9.17) is 19.4 Å². The predicted octanol–water partition coefficient (Wildman–Crippen LogP) is 5.13. The van der Waals surface area contributed by atoms with Crippen molar-refractivity contribution in [2.24, 2.45) is 11.3 Å². The molecule has 0 radical (unpaired) electrons. The maximum Gasteiger partial charge on any atom is 0.406 e. The number of β-amino-alcohol motifs (C(OH)–C–C–N with tert-alkyl or cyclic N) is 1. The second kappa shape index (κ2) is 22.0. The van der Waals surface area contributed by atoms with Gasteiger partial charge in [0.25, 0.3) is 11.8 Å². The number of amides is 4. The van der Waals surface area contributed by atoms with Gasteiger partial charge in [0.2, 0.25) is 11.8 Å². The fraction of sp³-hybridized carbons (Fsp3) is 0.566. The number of hydrogen-bond donors (Lipinski definition) is 3. The van der Waals surface area contributed by atoms with E-state index in [0.29, 0.717) is 75.6 Å². The molecule has 406 valence electrons. The molecule has 4 aliphatic rings. The van der Waals surface area contributed by atoms with Crippen molar-refractivity contribution in [2.45, 2.75) is 109 Å². The Morgan fingerprint density at radius 1 is 1.11 bits per heavy atom. The number of aliphatic hydroxyl groups is 1. The number of hydrazine groups is 1. The van der Waals surface area contributed by atoms with Crippen LogP contribution in [0.4, 0.5) is 18.9 Å². The number of carbonyl (C=O) groups excluding carboxylic acids is 5. The van der Waals surface area contributed by atoms with Gasteiger partial charge in [-0.25, -0.2) is 10.4 Å². The number of likely N-dealkylation sites (N-methyl/N-ethyl adjacent to an activating group) is 2. The lowest BCUT2D eigenvalue weighted by Crippen LogP contribution is -2.63. The highest BCUT2D eigenvalue weighted by molar-refractivity contribution is 7.13. The number of cyclic esters (lactones) is 1. The summed E-state index contributed by atoms with van der Waals surface area (Å²) in [5, 5.41) is 18.5. The van der Waals surface area contributed by atoms with E-state index < -0.39 is 83.5 Å². The zero-order chi connectivity index (χ0) is 54.3. The minimum absolute atomic E-state index is 0.0525. The van der Waals surface area contributed by atoms with Gasteiger partial charge in [-0.3, -0.25) is 34.0 Å². The largest absolute Gasteiger partial charge is 0.464 e. The number of rotatable bonds is 11. The minimum atomic E-state index is -4.63. The van der Waals surface area contributed by atoms with Gasteiger partial charge in [-0.15, -0.1) is 11.3 Å². The molecule has 0 saturated carbocycles. The summed E-state index contributed by atoms with van der Waals surface area (Å²) in [4.78, 5) is 86.4. The first-order chi connectivity index (χ1) is 35.4. The summed E-state index contributed by atoms with van der Waals surface area (Å²) in [5.41, 5.74) is 4.21. The predicted molar refractivity (Wildman–Crippen MR) is 277 cm³/mol. The number of fused-ring (bicyclic) bond motifs is 6. The Kier molecular flexibility index (Phi) is 16.2. The van der Waals surface area contributed by atoms with Crippen molar-refractivity contribution in [3.8, 4) is 21.8 Å². The third-order valence-electron chi connectivity index (χ3n) is 14.9. The highest BCUT2D eigenvalue weighted by Gasteiger charge is 2.48. The lowest BCUT2D eigenvalue weighted by atomic mass is 9.84. The fourth-order valence-electron chi connectivity index (χ4n) is 10.8. The van der Waals surface area contributed by atoms with Gasteiger partial charge >= 0.3 is 12.1 Å². The number of benzene rings is 1. The zero-order valence-corrected chi connectivity index (χ0v) is 44.8. The molecule has 8 rings (SSSR count). The number of esters is 1.